The van der Waals surface area contributed by atoms with Gasteiger partial charge in [-0.25, -0.2) is 4.98 Å². The van der Waals surface area contributed by atoms with Crippen LogP contribution in [0.2, 0.25) is 0 Å². The van der Waals surface area contributed by atoms with E-state index in [0.717, 1.165) is 46.6 Å². The van der Waals surface area contributed by atoms with Crippen molar-refractivity contribution in [2.75, 3.05) is 37.7 Å². The lowest BCUT2D eigenvalue weighted by molar-refractivity contribution is -0.131. The standard InChI is InChI=1S/C25H23F3N4O2/c26-25(27,28)14-32-9-10-34-22-6-3-16(11-21(22)32)18-4-5-19-23(18)30-20(12-29-19)17-7-8-31(13-17)24(33)15-1-2-15/h3-4,6-7,11-12,15H,1-2,5,8-10,13-14H2. The van der Waals surface area contributed by atoms with Gasteiger partial charge in [-0.15, -0.1) is 0 Å². The first kappa shape index (κ1) is 21.2. The summed E-state index contributed by atoms with van der Waals surface area (Å²) in [5.74, 6) is 0.841. The summed E-state index contributed by atoms with van der Waals surface area (Å²) in [6.45, 7) is 0.505. The van der Waals surface area contributed by atoms with Gasteiger partial charge in [0.1, 0.15) is 18.9 Å². The summed E-state index contributed by atoms with van der Waals surface area (Å²) in [5, 5.41) is 0. The van der Waals surface area contributed by atoms with Crippen LogP contribution in [0.4, 0.5) is 18.9 Å². The molecule has 9 heteroatoms. The van der Waals surface area contributed by atoms with E-state index in [-0.39, 0.29) is 25.0 Å². The van der Waals surface area contributed by atoms with Crippen LogP contribution in [-0.4, -0.2) is 59.7 Å². The second-order valence-electron chi connectivity index (χ2n) is 9.16. The Morgan fingerprint density at radius 2 is 2.06 bits per heavy atom. The molecule has 1 aromatic heterocycles. The van der Waals surface area contributed by atoms with Gasteiger partial charge in [0.15, 0.2) is 0 Å². The number of allylic oxidation sites excluding steroid dienone is 1. The first-order valence-electron chi connectivity index (χ1n) is 11.5. The van der Waals surface area contributed by atoms with Crippen LogP contribution in [0.3, 0.4) is 0 Å². The van der Waals surface area contributed by atoms with Crippen molar-refractivity contribution in [1.29, 1.82) is 0 Å². The third-order valence-corrected chi connectivity index (χ3v) is 6.69. The quantitative estimate of drug-likeness (QED) is 0.682. The van der Waals surface area contributed by atoms with E-state index in [9.17, 15) is 18.0 Å². The number of rotatable bonds is 4. The van der Waals surface area contributed by atoms with Crippen LogP contribution in [0.5, 0.6) is 5.75 Å². The average molecular weight is 468 g/mol. The highest BCUT2D eigenvalue weighted by molar-refractivity contribution is 5.86. The van der Waals surface area contributed by atoms with Crippen LogP contribution in [-0.2, 0) is 11.2 Å². The van der Waals surface area contributed by atoms with Gasteiger partial charge in [-0.1, -0.05) is 18.2 Å². The van der Waals surface area contributed by atoms with Crippen molar-refractivity contribution in [3.05, 3.63) is 59.2 Å². The Bertz CT molecular complexity index is 1230. The number of carbonyl (C=O) groups excluding carboxylic acids is 1. The van der Waals surface area contributed by atoms with Gasteiger partial charge in [0.25, 0.3) is 0 Å². The molecule has 2 aromatic rings. The van der Waals surface area contributed by atoms with E-state index in [1.165, 1.54) is 4.90 Å². The molecule has 1 amide bonds. The Balaban J connectivity index is 1.27. The Morgan fingerprint density at radius 1 is 1.21 bits per heavy atom. The molecule has 6 nitrogen and oxygen atoms in total. The number of amides is 1. The van der Waals surface area contributed by atoms with E-state index in [4.69, 9.17) is 9.72 Å². The van der Waals surface area contributed by atoms with Gasteiger partial charge < -0.3 is 14.5 Å². The number of fused-ring (bicyclic) bond motifs is 2. The van der Waals surface area contributed by atoms with Crippen LogP contribution < -0.4 is 9.64 Å². The molecule has 0 N–H and O–H groups in total. The average Bonchev–Trinajstić information content (AvgIpc) is 3.39. The number of alkyl halides is 3. The van der Waals surface area contributed by atoms with Crippen molar-refractivity contribution < 1.29 is 22.7 Å². The van der Waals surface area contributed by atoms with Gasteiger partial charge in [-0.05, 0) is 36.1 Å². The molecule has 0 bridgehead atoms. The minimum atomic E-state index is -4.30. The van der Waals surface area contributed by atoms with Crippen molar-refractivity contribution >= 4 is 22.7 Å². The molecule has 0 saturated heterocycles. The number of hydrogen-bond donors (Lipinski definition) is 0. The Hall–Kier alpha value is -3.36. The lowest BCUT2D eigenvalue weighted by atomic mass is 10.0. The number of benzene rings is 1. The predicted molar refractivity (Wildman–Crippen MR) is 120 cm³/mol. The summed E-state index contributed by atoms with van der Waals surface area (Å²) in [6, 6.07) is 5.33. The maximum Gasteiger partial charge on any atom is 0.405 e. The molecule has 176 valence electrons. The van der Waals surface area contributed by atoms with Crippen molar-refractivity contribution in [2.24, 2.45) is 5.92 Å². The molecule has 1 saturated carbocycles. The number of aromatic nitrogens is 2. The first-order valence-corrected chi connectivity index (χ1v) is 11.5. The first-order chi connectivity index (χ1) is 16.4. The van der Waals surface area contributed by atoms with Crippen LogP contribution in [0, 0.1) is 5.92 Å². The number of ether oxygens (including phenoxy) is 1. The summed E-state index contributed by atoms with van der Waals surface area (Å²) in [5.41, 5.74) is 5.37. The predicted octanol–water partition coefficient (Wildman–Crippen LogP) is 3.86. The number of hydrogen-bond acceptors (Lipinski definition) is 5. The molecule has 1 fully saturated rings. The molecule has 0 atom stereocenters. The zero-order valence-corrected chi connectivity index (χ0v) is 18.4. The molecular formula is C25H23F3N4O2. The fraction of sp³-hybridized carbons (Fsp3) is 0.400. The number of nitrogens with zero attached hydrogens (tertiary/aromatic N) is 4. The van der Waals surface area contributed by atoms with Crippen molar-refractivity contribution in [1.82, 2.24) is 14.9 Å². The molecule has 2 aliphatic carbocycles. The zero-order valence-electron chi connectivity index (χ0n) is 18.4. The molecule has 3 heterocycles. The highest BCUT2D eigenvalue weighted by atomic mass is 19.4. The van der Waals surface area contributed by atoms with E-state index >= 15 is 0 Å². The molecule has 0 unspecified atom stereocenters. The number of carbonyl (C=O) groups is 1. The second-order valence-corrected chi connectivity index (χ2v) is 9.16. The second kappa shape index (κ2) is 7.85. The topological polar surface area (TPSA) is 58.6 Å². The molecule has 0 spiro atoms. The molecular weight excluding hydrogens is 445 g/mol. The lowest BCUT2D eigenvalue weighted by Crippen LogP contribution is -2.39. The summed E-state index contributed by atoms with van der Waals surface area (Å²) < 4.78 is 44.9. The van der Waals surface area contributed by atoms with Gasteiger partial charge in [0, 0.05) is 31.0 Å². The van der Waals surface area contributed by atoms with E-state index < -0.39 is 12.7 Å². The van der Waals surface area contributed by atoms with Gasteiger partial charge in [-0.2, -0.15) is 13.2 Å². The van der Waals surface area contributed by atoms with E-state index in [1.807, 2.05) is 23.1 Å². The maximum absolute atomic E-state index is 13.1. The van der Waals surface area contributed by atoms with E-state index in [0.29, 0.717) is 30.9 Å². The third-order valence-electron chi connectivity index (χ3n) is 6.69. The van der Waals surface area contributed by atoms with Crippen LogP contribution in [0.15, 0.2) is 36.5 Å². The van der Waals surface area contributed by atoms with Gasteiger partial charge in [-0.3, -0.25) is 9.78 Å². The molecule has 2 aliphatic heterocycles. The summed E-state index contributed by atoms with van der Waals surface area (Å²) in [6.07, 6.45) is 4.06. The SMILES string of the molecule is O=C(C1CC1)N1CC=C(c2cnc3c(n2)C(c2ccc4c(c2)N(CC(F)(F)F)CCO4)=CC3)C1. The monoisotopic (exact) mass is 468 g/mol. The molecule has 0 radical (unpaired) electrons. The number of halogens is 3. The highest BCUT2D eigenvalue weighted by Crippen LogP contribution is 2.39. The van der Waals surface area contributed by atoms with E-state index in [2.05, 4.69) is 4.98 Å². The summed E-state index contributed by atoms with van der Waals surface area (Å²) >= 11 is 0. The smallest absolute Gasteiger partial charge is 0.405 e. The largest absolute Gasteiger partial charge is 0.490 e. The fourth-order valence-corrected chi connectivity index (χ4v) is 4.80. The normalized spacial score (nSPS) is 19.4. The lowest BCUT2D eigenvalue weighted by Gasteiger charge is -2.32. The van der Waals surface area contributed by atoms with E-state index in [1.54, 1.807) is 18.3 Å². The third kappa shape index (κ3) is 3.93. The summed E-state index contributed by atoms with van der Waals surface area (Å²) in [4.78, 5) is 25.1. The zero-order chi connectivity index (χ0) is 23.4. The van der Waals surface area contributed by atoms with Crippen molar-refractivity contribution in [3.8, 4) is 5.75 Å². The number of anilines is 1. The van der Waals surface area contributed by atoms with Crippen LogP contribution >= 0.6 is 0 Å². The van der Waals surface area contributed by atoms with Gasteiger partial charge in [0.2, 0.25) is 5.91 Å². The molecule has 6 rings (SSSR count). The fourth-order valence-electron chi connectivity index (χ4n) is 4.80. The van der Waals surface area contributed by atoms with Gasteiger partial charge in [0.05, 0.1) is 35.5 Å². The maximum atomic E-state index is 13.1. The molecule has 1 aromatic carbocycles. The summed E-state index contributed by atoms with van der Waals surface area (Å²) in [7, 11) is 0. The minimum Gasteiger partial charge on any atom is -0.490 e. The minimum absolute atomic E-state index is 0.179. The van der Waals surface area contributed by atoms with Crippen molar-refractivity contribution in [2.45, 2.75) is 25.4 Å². The Morgan fingerprint density at radius 3 is 2.85 bits per heavy atom. The highest BCUT2D eigenvalue weighted by Gasteiger charge is 2.36. The molecule has 34 heavy (non-hydrogen) atoms. The Kier molecular flexibility index (Phi) is 4.89. The molecule has 4 aliphatic rings. The Labute approximate surface area is 194 Å². The van der Waals surface area contributed by atoms with Crippen LogP contribution in [0.1, 0.15) is 35.5 Å². The van der Waals surface area contributed by atoms with Crippen LogP contribution in [0.25, 0.3) is 11.1 Å². The van der Waals surface area contributed by atoms with Crippen molar-refractivity contribution in [3.63, 3.8) is 0 Å². The van der Waals surface area contributed by atoms with Gasteiger partial charge >= 0.3 is 6.18 Å².